The van der Waals surface area contributed by atoms with Crippen molar-refractivity contribution in [2.75, 3.05) is 25.1 Å². The molecule has 4 nitrogen and oxygen atoms in total. The highest BCUT2D eigenvalue weighted by molar-refractivity contribution is 6.40. The maximum atomic E-state index is 5.72. The van der Waals surface area contributed by atoms with Crippen LogP contribution in [0.25, 0.3) is 0 Å². The van der Waals surface area contributed by atoms with Gasteiger partial charge >= 0.3 is 0 Å². The van der Waals surface area contributed by atoms with E-state index < -0.39 is 0 Å². The van der Waals surface area contributed by atoms with Crippen LogP contribution in [0.3, 0.4) is 0 Å². The van der Waals surface area contributed by atoms with E-state index in [1.165, 1.54) is 0 Å². The van der Waals surface area contributed by atoms with Gasteiger partial charge in [0.05, 0.1) is 6.54 Å². The van der Waals surface area contributed by atoms with E-state index in [1.54, 1.807) is 0 Å². The molecule has 0 aromatic carbocycles. The van der Waals surface area contributed by atoms with Crippen LogP contribution >= 0.6 is 23.2 Å². The highest BCUT2D eigenvalue weighted by Gasteiger charge is 2.20. The van der Waals surface area contributed by atoms with E-state index in [9.17, 15) is 0 Å². The maximum Gasteiger partial charge on any atom is 0.259 e. The van der Waals surface area contributed by atoms with E-state index in [-0.39, 0.29) is 10.3 Å². The summed E-state index contributed by atoms with van der Waals surface area (Å²) in [6.07, 6.45) is 0. The first-order valence-corrected chi connectivity index (χ1v) is 4.51. The summed E-state index contributed by atoms with van der Waals surface area (Å²) in [7, 11) is 1.90. The van der Waals surface area contributed by atoms with Crippen molar-refractivity contribution >= 4 is 29.0 Å². The number of nitrogens with zero attached hydrogens (tertiary/aromatic N) is 3. The molecule has 0 aliphatic carbocycles. The maximum absolute atomic E-state index is 5.72. The minimum absolute atomic E-state index is 0.177. The second-order valence-corrected chi connectivity index (χ2v) is 3.42. The summed E-state index contributed by atoms with van der Waals surface area (Å²) in [5, 5.41) is 0.383. The summed E-state index contributed by atoms with van der Waals surface area (Å²) in [4.78, 5) is 9.96. The van der Waals surface area contributed by atoms with Crippen molar-refractivity contribution in [3.63, 3.8) is 0 Å². The van der Waals surface area contributed by atoms with Gasteiger partial charge in [0.25, 0.3) is 5.88 Å². The molecule has 1 aliphatic rings. The molecule has 0 atom stereocenters. The first-order chi connectivity index (χ1) is 6.18. The molecule has 0 spiro atoms. The molecule has 0 radical (unpaired) electrons. The molecule has 0 bridgehead atoms. The summed E-state index contributed by atoms with van der Waals surface area (Å²) in [5.74, 6) is 1.09. The van der Waals surface area contributed by atoms with Crippen molar-refractivity contribution < 1.29 is 4.74 Å². The van der Waals surface area contributed by atoms with Gasteiger partial charge in [0.15, 0.2) is 16.1 Å². The van der Waals surface area contributed by atoms with Crippen LogP contribution in [0.15, 0.2) is 0 Å². The minimum Gasteiger partial charge on any atom is -0.473 e. The Morgan fingerprint density at radius 1 is 1.31 bits per heavy atom. The zero-order valence-electron chi connectivity index (χ0n) is 6.92. The number of rotatable bonds is 0. The predicted molar refractivity (Wildman–Crippen MR) is 50.8 cm³/mol. The molecule has 2 rings (SSSR count). The van der Waals surface area contributed by atoms with Gasteiger partial charge in [-0.15, -0.1) is 0 Å². The third kappa shape index (κ3) is 1.51. The lowest BCUT2D eigenvalue weighted by Crippen LogP contribution is -2.30. The van der Waals surface area contributed by atoms with Gasteiger partial charge < -0.3 is 9.64 Å². The molecular formula is C7H7Cl2N3O. The average Bonchev–Trinajstić information content (AvgIpc) is 2.09. The smallest absolute Gasteiger partial charge is 0.259 e. The molecule has 0 saturated carbocycles. The highest BCUT2D eigenvalue weighted by Crippen LogP contribution is 2.30. The number of anilines is 1. The summed E-state index contributed by atoms with van der Waals surface area (Å²) in [6, 6.07) is 0. The van der Waals surface area contributed by atoms with Gasteiger partial charge in [0.1, 0.15) is 6.61 Å². The predicted octanol–water partition coefficient (Wildman–Crippen LogP) is 1.61. The van der Waals surface area contributed by atoms with E-state index in [0.29, 0.717) is 18.3 Å². The largest absolute Gasteiger partial charge is 0.473 e. The Hall–Kier alpha value is -0.740. The first kappa shape index (κ1) is 8.84. The SMILES string of the molecule is CN1CCOc2nc(Cl)c(Cl)nc21. The Balaban J connectivity index is 2.52. The van der Waals surface area contributed by atoms with Gasteiger partial charge in [-0.3, -0.25) is 0 Å². The molecule has 0 saturated heterocycles. The molecule has 1 aliphatic heterocycles. The van der Waals surface area contributed by atoms with Crippen LogP contribution in [0.4, 0.5) is 5.82 Å². The number of likely N-dealkylation sites (N-methyl/N-ethyl adjacent to an activating group) is 1. The van der Waals surface area contributed by atoms with Crippen LogP contribution < -0.4 is 9.64 Å². The normalized spacial score (nSPS) is 15.2. The molecule has 70 valence electrons. The van der Waals surface area contributed by atoms with Crippen molar-refractivity contribution in [2.24, 2.45) is 0 Å². The summed E-state index contributed by atoms with van der Waals surface area (Å²) in [6.45, 7) is 1.37. The van der Waals surface area contributed by atoms with Gasteiger partial charge in [0, 0.05) is 7.05 Å². The average molecular weight is 220 g/mol. The first-order valence-electron chi connectivity index (χ1n) is 3.75. The lowest BCUT2D eigenvalue weighted by molar-refractivity contribution is 0.296. The quantitative estimate of drug-likeness (QED) is 0.665. The van der Waals surface area contributed by atoms with E-state index in [4.69, 9.17) is 27.9 Å². The van der Waals surface area contributed by atoms with Gasteiger partial charge in [-0.2, -0.15) is 4.98 Å². The topological polar surface area (TPSA) is 38.2 Å². The van der Waals surface area contributed by atoms with Gasteiger partial charge in [0.2, 0.25) is 0 Å². The van der Waals surface area contributed by atoms with Crippen molar-refractivity contribution in [2.45, 2.75) is 0 Å². The standard InChI is InChI=1S/C7H7Cl2N3O/c1-12-2-3-13-7-6(12)10-4(8)5(9)11-7/h2-3H2,1H3. The molecule has 1 aromatic rings. The Bertz CT molecular complexity index is 345. The minimum atomic E-state index is 0.177. The third-order valence-corrected chi connectivity index (χ3v) is 2.42. The van der Waals surface area contributed by atoms with Crippen LogP contribution in [-0.4, -0.2) is 30.2 Å². The van der Waals surface area contributed by atoms with E-state index in [1.807, 2.05) is 11.9 Å². The fourth-order valence-corrected chi connectivity index (χ4v) is 1.34. The van der Waals surface area contributed by atoms with Crippen LogP contribution in [0.2, 0.25) is 10.3 Å². The fourth-order valence-electron chi connectivity index (χ4n) is 1.10. The molecule has 0 unspecified atom stereocenters. The molecule has 0 N–H and O–H groups in total. The number of ether oxygens (including phenoxy) is 1. The number of hydrogen-bond acceptors (Lipinski definition) is 4. The van der Waals surface area contributed by atoms with Crippen molar-refractivity contribution in [3.8, 4) is 5.88 Å². The monoisotopic (exact) mass is 219 g/mol. The second-order valence-electron chi connectivity index (χ2n) is 2.70. The van der Waals surface area contributed by atoms with Crippen LogP contribution in [0, 0.1) is 0 Å². The summed E-state index contributed by atoms with van der Waals surface area (Å²) in [5.41, 5.74) is 0. The molecule has 6 heteroatoms. The van der Waals surface area contributed by atoms with Crippen molar-refractivity contribution in [3.05, 3.63) is 10.3 Å². The van der Waals surface area contributed by atoms with Crippen LogP contribution in [-0.2, 0) is 0 Å². The van der Waals surface area contributed by atoms with Gasteiger partial charge in [-0.1, -0.05) is 23.2 Å². The zero-order chi connectivity index (χ0) is 9.42. The molecular weight excluding hydrogens is 213 g/mol. The lowest BCUT2D eigenvalue weighted by atomic mass is 10.4. The Morgan fingerprint density at radius 3 is 2.77 bits per heavy atom. The second kappa shape index (κ2) is 3.20. The van der Waals surface area contributed by atoms with Gasteiger partial charge in [-0.05, 0) is 0 Å². The fraction of sp³-hybridized carbons (Fsp3) is 0.429. The van der Waals surface area contributed by atoms with E-state index >= 15 is 0 Å². The number of hydrogen-bond donors (Lipinski definition) is 0. The van der Waals surface area contributed by atoms with Crippen LogP contribution in [0.5, 0.6) is 5.88 Å². The molecule has 0 amide bonds. The van der Waals surface area contributed by atoms with Crippen molar-refractivity contribution in [1.82, 2.24) is 9.97 Å². The summed E-state index contributed by atoms with van der Waals surface area (Å²) < 4.78 is 5.27. The molecule has 1 aromatic heterocycles. The number of aromatic nitrogens is 2. The Kier molecular flexibility index (Phi) is 2.17. The Morgan fingerprint density at radius 2 is 2.00 bits per heavy atom. The van der Waals surface area contributed by atoms with Crippen molar-refractivity contribution in [1.29, 1.82) is 0 Å². The highest BCUT2D eigenvalue weighted by atomic mass is 35.5. The summed E-state index contributed by atoms with van der Waals surface area (Å²) >= 11 is 11.4. The molecule has 0 fully saturated rings. The Labute approximate surface area is 85.4 Å². The lowest BCUT2D eigenvalue weighted by Gasteiger charge is -2.25. The third-order valence-electron chi connectivity index (χ3n) is 1.79. The molecule has 2 heterocycles. The van der Waals surface area contributed by atoms with E-state index in [2.05, 4.69) is 9.97 Å². The van der Waals surface area contributed by atoms with E-state index in [0.717, 1.165) is 6.54 Å². The number of fused-ring (bicyclic) bond motifs is 1. The zero-order valence-corrected chi connectivity index (χ0v) is 8.43. The molecule has 13 heavy (non-hydrogen) atoms. The van der Waals surface area contributed by atoms with Crippen LogP contribution in [0.1, 0.15) is 0 Å². The van der Waals surface area contributed by atoms with Gasteiger partial charge in [-0.25, -0.2) is 4.98 Å². The number of halogens is 2.